The fourth-order valence-electron chi connectivity index (χ4n) is 2.72. The minimum absolute atomic E-state index is 0.133. The van der Waals surface area contributed by atoms with Crippen molar-refractivity contribution in [3.63, 3.8) is 0 Å². The maximum absolute atomic E-state index is 11.8. The average Bonchev–Trinajstić information content (AvgIpc) is 2.68. The summed E-state index contributed by atoms with van der Waals surface area (Å²) in [6, 6.07) is 9.95. The molecule has 0 saturated carbocycles. The van der Waals surface area contributed by atoms with Gasteiger partial charge in [-0.3, -0.25) is 9.78 Å². The van der Waals surface area contributed by atoms with Gasteiger partial charge in [-0.2, -0.15) is 0 Å². The Kier molecular flexibility index (Phi) is 7.35. The third kappa shape index (κ3) is 5.59. The van der Waals surface area contributed by atoms with E-state index in [-0.39, 0.29) is 11.2 Å². The standard InChI is InChI=1S/C21H22BrNO3S/c1-15-5-6-17-18(11-15)23-8-7-21(17)27-10-4-2-3-9-25-20-14-26-16(13-22)12-19(20)24/h5-8,11-12,14H,2-4,9-10,13H2,1H3. The Hall–Kier alpha value is -1.79. The number of hydrogen-bond acceptors (Lipinski definition) is 5. The molecule has 0 aliphatic carbocycles. The minimum atomic E-state index is -0.133. The molecule has 6 heteroatoms. The van der Waals surface area contributed by atoms with E-state index in [1.54, 1.807) is 0 Å². The van der Waals surface area contributed by atoms with Crippen LogP contribution in [0.2, 0.25) is 0 Å². The largest absolute Gasteiger partial charge is 0.487 e. The van der Waals surface area contributed by atoms with Crippen molar-refractivity contribution in [2.45, 2.75) is 36.4 Å². The third-order valence-electron chi connectivity index (χ3n) is 4.15. The molecule has 0 radical (unpaired) electrons. The van der Waals surface area contributed by atoms with Gasteiger partial charge >= 0.3 is 0 Å². The summed E-state index contributed by atoms with van der Waals surface area (Å²) in [6.45, 7) is 2.61. The number of unbranched alkanes of at least 4 members (excludes halogenated alkanes) is 2. The van der Waals surface area contributed by atoms with Crippen LogP contribution < -0.4 is 10.2 Å². The molecule has 142 valence electrons. The Labute approximate surface area is 171 Å². The van der Waals surface area contributed by atoms with Crippen molar-refractivity contribution in [3.8, 4) is 5.75 Å². The van der Waals surface area contributed by atoms with Gasteiger partial charge in [-0.15, -0.1) is 11.8 Å². The first-order chi connectivity index (χ1) is 13.2. The number of alkyl halides is 1. The highest BCUT2D eigenvalue weighted by atomic mass is 79.9. The Morgan fingerprint density at radius 1 is 1.19 bits per heavy atom. The van der Waals surface area contributed by atoms with Crippen molar-refractivity contribution in [2.24, 2.45) is 0 Å². The highest BCUT2D eigenvalue weighted by molar-refractivity contribution is 9.08. The highest BCUT2D eigenvalue weighted by Gasteiger charge is 2.05. The molecule has 27 heavy (non-hydrogen) atoms. The number of rotatable bonds is 9. The van der Waals surface area contributed by atoms with Gasteiger partial charge in [-0.05, 0) is 49.6 Å². The number of aromatic nitrogens is 1. The molecule has 0 N–H and O–H groups in total. The summed E-state index contributed by atoms with van der Waals surface area (Å²) in [5.74, 6) is 1.94. The van der Waals surface area contributed by atoms with Crippen LogP contribution in [0.1, 0.15) is 30.6 Å². The predicted octanol–water partition coefficient (Wildman–Crippen LogP) is 5.73. The van der Waals surface area contributed by atoms with Crippen LogP contribution in [0.5, 0.6) is 5.75 Å². The van der Waals surface area contributed by atoms with Crippen LogP contribution in [0.4, 0.5) is 0 Å². The van der Waals surface area contributed by atoms with E-state index in [4.69, 9.17) is 9.15 Å². The molecule has 0 fully saturated rings. The monoisotopic (exact) mass is 447 g/mol. The molecular formula is C21H22BrNO3S. The second-order valence-corrected chi connectivity index (χ2v) is 7.99. The van der Waals surface area contributed by atoms with Gasteiger partial charge in [0.05, 0.1) is 17.5 Å². The second-order valence-electron chi connectivity index (χ2n) is 6.30. The fraction of sp³-hybridized carbons (Fsp3) is 0.333. The lowest BCUT2D eigenvalue weighted by atomic mass is 10.1. The topological polar surface area (TPSA) is 52.3 Å². The van der Waals surface area contributed by atoms with Gasteiger partial charge in [0.25, 0.3) is 0 Å². The molecule has 0 atom stereocenters. The smallest absolute Gasteiger partial charge is 0.227 e. The maximum Gasteiger partial charge on any atom is 0.227 e. The summed E-state index contributed by atoms with van der Waals surface area (Å²) in [7, 11) is 0. The second kappa shape index (κ2) is 9.95. The number of halogens is 1. The highest BCUT2D eigenvalue weighted by Crippen LogP contribution is 2.28. The normalized spacial score (nSPS) is 11.0. The summed E-state index contributed by atoms with van der Waals surface area (Å²) in [5, 5.41) is 1.74. The van der Waals surface area contributed by atoms with Gasteiger partial charge in [0.1, 0.15) is 12.0 Å². The molecule has 0 bridgehead atoms. The first-order valence-electron chi connectivity index (χ1n) is 8.96. The van der Waals surface area contributed by atoms with Gasteiger partial charge in [0.2, 0.25) is 11.2 Å². The van der Waals surface area contributed by atoms with Gasteiger partial charge in [0, 0.05) is 22.5 Å². The van der Waals surface area contributed by atoms with Crippen LogP contribution >= 0.6 is 27.7 Å². The van der Waals surface area contributed by atoms with Gasteiger partial charge in [-0.25, -0.2) is 0 Å². The first kappa shape index (κ1) is 20.0. The Morgan fingerprint density at radius 2 is 2.07 bits per heavy atom. The number of aryl methyl sites for hydroxylation is 1. The number of nitrogens with zero attached hydrogens (tertiary/aromatic N) is 1. The lowest BCUT2D eigenvalue weighted by Gasteiger charge is -2.07. The quantitative estimate of drug-likeness (QED) is 0.238. The Bertz CT molecular complexity index is 958. The molecule has 0 amide bonds. The predicted molar refractivity (Wildman–Crippen MR) is 114 cm³/mol. The summed E-state index contributed by atoms with van der Waals surface area (Å²) >= 11 is 5.12. The number of pyridine rings is 1. The molecule has 2 heterocycles. The third-order valence-corrected chi connectivity index (χ3v) is 5.86. The van der Waals surface area contributed by atoms with Crippen molar-refractivity contribution in [1.29, 1.82) is 0 Å². The van der Waals surface area contributed by atoms with Gasteiger partial charge in [-0.1, -0.05) is 28.1 Å². The van der Waals surface area contributed by atoms with E-state index in [2.05, 4.69) is 52.1 Å². The van der Waals surface area contributed by atoms with Crippen LogP contribution in [0.15, 0.2) is 56.9 Å². The molecule has 0 spiro atoms. The van der Waals surface area contributed by atoms with E-state index in [9.17, 15) is 4.79 Å². The van der Waals surface area contributed by atoms with E-state index in [1.165, 1.54) is 28.2 Å². The van der Waals surface area contributed by atoms with Crippen molar-refractivity contribution in [1.82, 2.24) is 4.98 Å². The summed E-state index contributed by atoms with van der Waals surface area (Å²) in [4.78, 5) is 17.6. The van der Waals surface area contributed by atoms with E-state index >= 15 is 0 Å². The Morgan fingerprint density at radius 3 is 2.89 bits per heavy atom. The maximum atomic E-state index is 11.8. The van der Waals surface area contributed by atoms with Crippen LogP contribution in [0.25, 0.3) is 10.9 Å². The summed E-state index contributed by atoms with van der Waals surface area (Å²) < 4.78 is 10.8. The zero-order valence-corrected chi connectivity index (χ0v) is 17.6. The molecular weight excluding hydrogens is 426 g/mol. The number of thioether (sulfide) groups is 1. The molecule has 0 unspecified atom stereocenters. The van der Waals surface area contributed by atoms with Crippen molar-refractivity contribution >= 4 is 38.6 Å². The van der Waals surface area contributed by atoms with E-state index in [0.717, 1.165) is 30.5 Å². The lowest BCUT2D eigenvalue weighted by molar-refractivity contribution is 0.292. The molecule has 3 aromatic rings. The lowest BCUT2D eigenvalue weighted by Crippen LogP contribution is -2.08. The SMILES string of the molecule is Cc1ccc2c(SCCCCCOc3coc(CBr)cc3=O)ccnc2c1. The molecule has 0 saturated heterocycles. The summed E-state index contributed by atoms with van der Waals surface area (Å²) in [6.07, 6.45) is 6.34. The molecule has 0 aliphatic rings. The van der Waals surface area contributed by atoms with Gasteiger partial charge in [0.15, 0.2) is 0 Å². The van der Waals surface area contributed by atoms with Crippen LogP contribution in [-0.4, -0.2) is 17.3 Å². The molecule has 0 aliphatic heterocycles. The number of fused-ring (bicyclic) bond motifs is 1. The molecule has 2 aromatic heterocycles. The van der Waals surface area contributed by atoms with Gasteiger partial charge < -0.3 is 9.15 Å². The number of hydrogen-bond donors (Lipinski definition) is 0. The van der Waals surface area contributed by atoms with E-state index in [0.29, 0.717) is 17.7 Å². The fourth-order valence-corrected chi connectivity index (χ4v) is 4.06. The zero-order chi connectivity index (χ0) is 19.1. The minimum Gasteiger partial charge on any atom is -0.487 e. The average molecular weight is 448 g/mol. The first-order valence-corrected chi connectivity index (χ1v) is 11.1. The van der Waals surface area contributed by atoms with Crippen LogP contribution in [0, 0.1) is 6.92 Å². The van der Waals surface area contributed by atoms with Crippen molar-refractivity contribution in [3.05, 3.63) is 64.3 Å². The zero-order valence-electron chi connectivity index (χ0n) is 15.2. The molecule has 3 rings (SSSR count). The van der Waals surface area contributed by atoms with Crippen LogP contribution in [0.3, 0.4) is 0 Å². The number of benzene rings is 1. The van der Waals surface area contributed by atoms with Crippen LogP contribution in [-0.2, 0) is 5.33 Å². The van der Waals surface area contributed by atoms with Crippen molar-refractivity contribution in [2.75, 3.05) is 12.4 Å². The van der Waals surface area contributed by atoms with E-state index in [1.807, 2.05) is 18.0 Å². The number of ether oxygens (including phenoxy) is 1. The molecule has 4 nitrogen and oxygen atoms in total. The van der Waals surface area contributed by atoms with Crippen molar-refractivity contribution < 1.29 is 9.15 Å². The summed E-state index contributed by atoms with van der Waals surface area (Å²) in [5.41, 5.74) is 2.15. The molecule has 1 aromatic carbocycles. The Balaban J connectivity index is 1.39. The van der Waals surface area contributed by atoms with E-state index < -0.39 is 0 Å².